The van der Waals surface area contributed by atoms with Crippen LogP contribution in [0.4, 0.5) is 0 Å². The minimum Gasteiger partial charge on any atom is -0.491 e. The van der Waals surface area contributed by atoms with Crippen molar-refractivity contribution in [1.82, 2.24) is 9.80 Å². The Labute approximate surface area is 154 Å². The van der Waals surface area contributed by atoms with E-state index in [2.05, 4.69) is 0 Å². The number of amides is 1. The van der Waals surface area contributed by atoms with Gasteiger partial charge in [0.15, 0.2) is 0 Å². The molecule has 1 saturated heterocycles. The van der Waals surface area contributed by atoms with Crippen molar-refractivity contribution in [2.24, 2.45) is 0 Å². The average molecular weight is 364 g/mol. The minimum absolute atomic E-state index is 0.0137. The molecule has 0 N–H and O–H groups in total. The summed E-state index contributed by atoms with van der Waals surface area (Å²) >= 11 is 0. The van der Waals surface area contributed by atoms with Crippen LogP contribution in [0.2, 0.25) is 0 Å². The Hall–Kier alpha value is -2.12. The van der Waals surface area contributed by atoms with Crippen molar-refractivity contribution in [3.05, 3.63) is 29.8 Å². The van der Waals surface area contributed by atoms with Crippen LogP contribution >= 0.6 is 0 Å². The molecule has 0 saturated carbocycles. The van der Waals surface area contributed by atoms with Crippen LogP contribution in [-0.4, -0.2) is 81.3 Å². The largest absolute Gasteiger partial charge is 0.491 e. The Balaban J connectivity index is 1.91. The minimum atomic E-state index is -0.215. The number of hydrogen-bond acceptors (Lipinski definition) is 6. The number of hydrogen-bond donors (Lipinski definition) is 0. The van der Waals surface area contributed by atoms with Crippen molar-refractivity contribution in [2.45, 2.75) is 13.3 Å². The molecule has 1 aromatic carbocycles. The van der Waals surface area contributed by atoms with E-state index in [1.807, 2.05) is 21.9 Å². The van der Waals surface area contributed by atoms with Crippen LogP contribution in [0.5, 0.6) is 5.75 Å². The molecule has 0 spiro atoms. The van der Waals surface area contributed by atoms with E-state index in [0.717, 1.165) is 13.0 Å². The van der Waals surface area contributed by atoms with E-state index in [0.29, 0.717) is 50.8 Å². The van der Waals surface area contributed by atoms with Crippen molar-refractivity contribution in [3.8, 4) is 5.75 Å². The SMILES string of the molecule is CCOC(=O)CN1CCCN(C(=O)c2cccc(OCCOC)c2)CC1. The third-order valence-corrected chi connectivity index (χ3v) is 4.17. The van der Waals surface area contributed by atoms with Gasteiger partial charge in [-0.15, -0.1) is 0 Å². The molecule has 0 aliphatic carbocycles. The maximum absolute atomic E-state index is 12.8. The molecule has 0 bridgehead atoms. The highest BCUT2D eigenvalue weighted by molar-refractivity contribution is 5.94. The Morgan fingerprint density at radius 3 is 2.73 bits per heavy atom. The number of carbonyl (C=O) groups excluding carboxylic acids is 2. The average Bonchev–Trinajstić information content (AvgIpc) is 2.87. The molecule has 7 heteroatoms. The smallest absolute Gasteiger partial charge is 0.320 e. The van der Waals surface area contributed by atoms with Crippen LogP contribution < -0.4 is 4.74 Å². The molecule has 0 radical (unpaired) electrons. The van der Waals surface area contributed by atoms with Gasteiger partial charge in [-0.25, -0.2) is 0 Å². The van der Waals surface area contributed by atoms with Crippen molar-refractivity contribution in [3.63, 3.8) is 0 Å². The lowest BCUT2D eigenvalue weighted by Gasteiger charge is -2.21. The summed E-state index contributed by atoms with van der Waals surface area (Å²) in [5, 5.41) is 0. The third-order valence-electron chi connectivity index (χ3n) is 4.17. The molecular weight excluding hydrogens is 336 g/mol. The van der Waals surface area contributed by atoms with Crippen LogP contribution in [0, 0.1) is 0 Å². The highest BCUT2D eigenvalue weighted by atomic mass is 16.5. The van der Waals surface area contributed by atoms with Crippen molar-refractivity contribution in [2.75, 3.05) is 59.7 Å². The maximum Gasteiger partial charge on any atom is 0.320 e. The summed E-state index contributed by atoms with van der Waals surface area (Å²) in [6.07, 6.45) is 0.829. The van der Waals surface area contributed by atoms with Gasteiger partial charge >= 0.3 is 5.97 Å². The van der Waals surface area contributed by atoms with Gasteiger partial charge in [0.05, 0.1) is 19.8 Å². The normalized spacial score (nSPS) is 15.4. The molecule has 0 atom stereocenters. The highest BCUT2D eigenvalue weighted by Crippen LogP contribution is 2.16. The van der Waals surface area contributed by atoms with E-state index >= 15 is 0 Å². The monoisotopic (exact) mass is 364 g/mol. The summed E-state index contributed by atoms with van der Waals surface area (Å²) in [7, 11) is 1.62. The standard InChI is InChI=1S/C19H28N2O5/c1-3-25-18(22)15-20-8-5-9-21(11-10-20)19(23)16-6-4-7-17(14-16)26-13-12-24-2/h4,6-7,14H,3,5,8-13,15H2,1-2H3. The number of rotatable bonds is 8. The molecule has 1 amide bonds. The zero-order valence-corrected chi connectivity index (χ0v) is 15.6. The van der Waals surface area contributed by atoms with Gasteiger partial charge in [0.25, 0.3) is 5.91 Å². The molecule has 144 valence electrons. The van der Waals surface area contributed by atoms with Gasteiger partial charge in [-0.2, -0.15) is 0 Å². The summed E-state index contributed by atoms with van der Waals surface area (Å²) < 4.78 is 15.5. The molecular formula is C19H28N2O5. The van der Waals surface area contributed by atoms with Crippen molar-refractivity contribution < 1.29 is 23.8 Å². The van der Waals surface area contributed by atoms with Gasteiger partial charge < -0.3 is 19.1 Å². The fraction of sp³-hybridized carbons (Fsp3) is 0.579. The number of nitrogens with zero attached hydrogens (tertiary/aromatic N) is 2. The van der Waals surface area contributed by atoms with Gasteiger partial charge in [0.1, 0.15) is 12.4 Å². The molecule has 1 aliphatic heterocycles. The molecule has 1 aliphatic rings. The number of carbonyl (C=O) groups is 2. The quantitative estimate of drug-likeness (QED) is 0.513. The van der Waals surface area contributed by atoms with Crippen LogP contribution in [0.25, 0.3) is 0 Å². The van der Waals surface area contributed by atoms with E-state index in [-0.39, 0.29) is 18.4 Å². The second-order valence-electron chi connectivity index (χ2n) is 6.10. The van der Waals surface area contributed by atoms with Gasteiger partial charge in [-0.1, -0.05) is 6.07 Å². The van der Waals surface area contributed by atoms with Gasteiger partial charge in [-0.3, -0.25) is 14.5 Å². The Morgan fingerprint density at radius 2 is 1.96 bits per heavy atom. The fourth-order valence-electron chi connectivity index (χ4n) is 2.87. The number of methoxy groups -OCH3 is 1. The second kappa shape index (κ2) is 10.8. The summed E-state index contributed by atoms with van der Waals surface area (Å²) in [6, 6.07) is 7.21. The van der Waals surface area contributed by atoms with E-state index in [9.17, 15) is 9.59 Å². The van der Waals surface area contributed by atoms with Crippen LogP contribution in [-0.2, 0) is 14.3 Å². The zero-order chi connectivity index (χ0) is 18.8. The van der Waals surface area contributed by atoms with Crippen LogP contribution in [0.3, 0.4) is 0 Å². The zero-order valence-electron chi connectivity index (χ0n) is 15.6. The van der Waals surface area contributed by atoms with Gasteiger partial charge in [0, 0.05) is 38.9 Å². The number of esters is 1. The molecule has 0 aromatic heterocycles. The molecule has 1 heterocycles. The second-order valence-corrected chi connectivity index (χ2v) is 6.10. The Morgan fingerprint density at radius 1 is 1.12 bits per heavy atom. The molecule has 1 fully saturated rings. The first-order chi connectivity index (χ1) is 12.6. The lowest BCUT2D eigenvalue weighted by molar-refractivity contribution is -0.144. The van der Waals surface area contributed by atoms with E-state index in [1.165, 1.54) is 0 Å². The fourth-order valence-corrected chi connectivity index (χ4v) is 2.87. The van der Waals surface area contributed by atoms with Crippen LogP contribution in [0.1, 0.15) is 23.7 Å². The summed E-state index contributed by atoms with van der Waals surface area (Å²) in [6.45, 7) is 6.12. The lowest BCUT2D eigenvalue weighted by Crippen LogP contribution is -2.37. The Bertz CT molecular complexity index is 593. The topological polar surface area (TPSA) is 68.3 Å². The van der Waals surface area contributed by atoms with E-state index in [1.54, 1.807) is 26.2 Å². The first kappa shape index (κ1) is 20.2. The number of benzene rings is 1. The summed E-state index contributed by atoms with van der Waals surface area (Å²) in [5.74, 6) is 0.431. The summed E-state index contributed by atoms with van der Waals surface area (Å²) in [5.41, 5.74) is 0.610. The van der Waals surface area contributed by atoms with Crippen LogP contribution in [0.15, 0.2) is 24.3 Å². The number of ether oxygens (including phenoxy) is 3. The molecule has 0 unspecified atom stereocenters. The van der Waals surface area contributed by atoms with E-state index < -0.39 is 0 Å². The molecule has 26 heavy (non-hydrogen) atoms. The predicted octanol–water partition coefficient (Wildman–Crippen LogP) is 1.42. The Kier molecular flexibility index (Phi) is 8.37. The first-order valence-corrected chi connectivity index (χ1v) is 9.03. The van der Waals surface area contributed by atoms with Crippen molar-refractivity contribution >= 4 is 11.9 Å². The third kappa shape index (κ3) is 6.31. The van der Waals surface area contributed by atoms with E-state index in [4.69, 9.17) is 14.2 Å². The molecule has 1 aromatic rings. The predicted molar refractivity (Wildman–Crippen MR) is 97.4 cm³/mol. The first-order valence-electron chi connectivity index (χ1n) is 9.03. The molecule has 2 rings (SSSR count). The van der Waals surface area contributed by atoms with Crippen molar-refractivity contribution in [1.29, 1.82) is 0 Å². The summed E-state index contributed by atoms with van der Waals surface area (Å²) in [4.78, 5) is 28.3. The maximum atomic E-state index is 12.8. The van der Waals surface area contributed by atoms with Gasteiger partial charge in [-0.05, 0) is 31.5 Å². The highest BCUT2D eigenvalue weighted by Gasteiger charge is 2.22. The molecule has 7 nitrogen and oxygen atoms in total. The lowest BCUT2D eigenvalue weighted by atomic mass is 10.2. The van der Waals surface area contributed by atoms with Gasteiger partial charge in [0.2, 0.25) is 0 Å².